The lowest BCUT2D eigenvalue weighted by Gasteiger charge is -2.26. The molecule has 1 heterocycles. The summed E-state index contributed by atoms with van der Waals surface area (Å²) in [5.74, 6) is 0.0119. The number of ether oxygens (including phenoxy) is 1. The highest BCUT2D eigenvalue weighted by Crippen LogP contribution is 2.31. The van der Waals surface area contributed by atoms with E-state index in [2.05, 4.69) is 4.90 Å². The molecule has 110 valence electrons. The second kappa shape index (κ2) is 6.99. The van der Waals surface area contributed by atoms with Gasteiger partial charge in [0, 0.05) is 24.6 Å². The predicted octanol–water partition coefficient (Wildman–Crippen LogP) is 3.11. The molecule has 0 aromatic heterocycles. The summed E-state index contributed by atoms with van der Waals surface area (Å²) < 4.78 is 5.64. The maximum Gasteiger partial charge on any atom is 0.338 e. The molecule has 1 saturated heterocycles. The molecule has 1 N–H and O–H groups in total. The van der Waals surface area contributed by atoms with E-state index in [1.807, 2.05) is 32.0 Å². The Morgan fingerprint density at radius 1 is 1.55 bits per heavy atom. The van der Waals surface area contributed by atoms with Crippen LogP contribution in [0.4, 0.5) is 5.69 Å². The number of carboxylic acids is 1. The summed E-state index contributed by atoms with van der Waals surface area (Å²) in [6.07, 6.45) is 1.05. The SMILES string of the molecule is CCSc1cccc(N2CCCOC(C)C2)c1C(=O)O. The Balaban J connectivity index is 2.38. The molecule has 1 atom stereocenters. The van der Waals surface area contributed by atoms with Gasteiger partial charge in [-0.2, -0.15) is 0 Å². The number of carboxylic acid groups (broad SMARTS) is 1. The third kappa shape index (κ3) is 3.46. The fourth-order valence-corrected chi connectivity index (χ4v) is 3.31. The monoisotopic (exact) mass is 295 g/mol. The largest absolute Gasteiger partial charge is 0.478 e. The number of carbonyl (C=O) groups is 1. The van der Waals surface area contributed by atoms with Crippen molar-refractivity contribution in [3.63, 3.8) is 0 Å². The van der Waals surface area contributed by atoms with Gasteiger partial charge in [-0.1, -0.05) is 13.0 Å². The molecule has 1 fully saturated rings. The van der Waals surface area contributed by atoms with Crippen molar-refractivity contribution in [1.82, 2.24) is 0 Å². The molecule has 20 heavy (non-hydrogen) atoms. The van der Waals surface area contributed by atoms with Gasteiger partial charge in [-0.05, 0) is 31.2 Å². The highest BCUT2D eigenvalue weighted by atomic mass is 32.2. The summed E-state index contributed by atoms with van der Waals surface area (Å²) in [6.45, 7) is 6.38. The van der Waals surface area contributed by atoms with Crippen molar-refractivity contribution in [3.8, 4) is 0 Å². The van der Waals surface area contributed by atoms with Crippen molar-refractivity contribution in [1.29, 1.82) is 0 Å². The molecule has 0 spiro atoms. The zero-order valence-electron chi connectivity index (χ0n) is 12.0. The molecule has 5 heteroatoms. The Labute approximate surface area is 124 Å². The molecule has 0 saturated carbocycles. The Morgan fingerprint density at radius 3 is 3.05 bits per heavy atom. The summed E-state index contributed by atoms with van der Waals surface area (Å²) in [4.78, 5) is 14.6. The normalized spacial score (nSPS) is 19.7. The van der Waals surface area contributed by atoms with Gasteiger partial charge in [0.05, 0.1) is 17.4 Å². The molecule has 2 rings (SSSR count). The van der Waals surface area contributed by atoms with Crippen LogP contribution in [0.1, 0.15) is 30.6 Å². The third-order valence-corrected chi connectivity index (χ3v) is 4.25. The van der Waals surface area contributed by atoms with Crippen molar-refractivity contribution >= 4 is 23.4 Å². The Kier molecular flexibility index (Phi) is 5.31. The Hall–Kier alpha value is -1.20. The third-order valence-electron chi connectivity index (χ3n) is 3.31. The van der Waals surface area contributed by atoms with Gasteiger partial charge < -0.3 is 14.7 Å². The Morgan fingerprint density at radius 2 is 2.35 bits per heavy atom. The molecular formula is C15H21NO3S. The quantitative estimate of drug-likeness (QED) is 0.865. The summed E-state index contributed by atoms with van der Waals surface area (Å²) >= 11 is 1.58. The summed E-state index contributed by atoms with van der Waals surface area (Å²) in [5, 5.41) is 9.57. The molecule has 0 bridgehead atoms. The maximum atomic E-state index is 11.7. The first-order valence-corrected chi connectivity index (χ1v) is 7.97. The smallest absolute Gasteiger partial charge is 0.338 e. The summed E-state index contributed by atoms with van der Waals surface area (Å²) in [7, 11) is 0. The first-order valence-electron chi connectivity index (χ1n) is 6.99. The van der Waals surface area contributed by atoms with Crippen LogP contribution in [0.5, 0.6) is 0 Å². The van der Waals surface area contributed by atoms with Crippen molar-refractivity contribution < 1.29 is 14.6 Å². The van der Waals surface area contributed by atoms with E-state index < -0.39 is 5.97 Å². The average Bonchev–Trinajstić information content (AvgIpc) is 2.63. The fraction of sp³-hybridized carbons (Fsp3) is 0.533. The zero-order chi connectivity index (χ0) is 14.5. The van der Waals surface area contributed by atoms with E-state index in [4.69, 9.17) is 4.74 Å². The fourth-order valence-electron chi connectivity index (χ4n) is 2.49. The number of thioether (sulfide) groups is 1. The maximum absolute atomic E-state index is 11.7. The number of anilines is 1. The van der Waals surface area contributed by atoms with Gasteiger partial charge in [0.25, 0.3) is 0 Å². The van der Waals surface area contributed by atoms with E-state index in [1.165, 1.54) is 0 Å². The number of nitrogens with zero attached hydrogens (tertiary/aromatic N) is 1. The highest BCUT2D eigenvalue weighted by Gasteiger charge is 2.22. The van der Waals surface area contributed by atoms with Gasteiger partial charge >= 0.3 is 5.97 Å². The number of hydrogen-bond acceptors (Lipinski definition) is 4. The van der Waals surface area contributed by atoms with Gasteiger partial charge in [-0.3, -0.25) is 0 Å². The molecule has 0 amide bonds. The minimum absolute atomic E-state index is 0.127. The molecular weight excluding hydrogens is 274 g/mol. The summed E-state index contributed by atoms with van der Waals surface area (Å²) in [6, 6.07) is 5.73. The van der Waals surface area contributed by atoms with Crippen molar-refractivity contribution in [2.24, 2.45) is 0 Å². The lowest BCUT2D eigenvalue weighted by atomic mass is 10.1. The average molecular weight is 295 g/mol. The molecule has 1 aromatic rings. The first kappa shape index (κ1) is 15.2. The minimum atomic E-state index is -0.852. The lowest BCUT2D eigenvalue weighted by Crippen LogP contribution is -2.31. The van der Waals surface area contributed by atoms with E-state index >= 15 is 0 Å². The molecule has 0 aliphatic carbocycles. The molecule has 1 aliphatic rings. The van der Waals surface area contributed by atoms with Crippen molar-refractivity contribution in [3.05, 3.63) is 23.8 Å². The number of hydrogen-bond donors (Lipinski definition) is 1. The number of rotatable bonds is 4. The van der Waals surface area contributed by atoms with E-state index in [-0.39, 0.29) is 6.10 Å². The second-order valence-electron chi connectivity index (χ2n) is 4.87. The van der Waals surface area contributed by atoms with Crippen LogP contribution in [0.25, 0.3) is 0 Å². The topological polar surface area (TPSA) is 49.8 Å². The van der Waals surface area contributed by atoms with Gasteiger partial charge in [-0.25, -0.2) is 4.79 Å². The van der Waals surface area contributed by atoms with Crippen LogP contribution in [0.2, 0.25) is 0 Å². The second-order valence-corrected chi connectivity index (χ2v) is 6.18. The zero-order valence-corrected chi connectivity index (χ0v) is 12.8. The van der Waals surface area contributed by atoms with Gasteiger partial charge in [0.2, 0.25) is 0 Å². The van der Waals surface area contributed by atoms with Crippen LogP contribution < -0.4 is 4.90 Å². The van der Waals surface area contributed by atoms with Crippen LogP contribution in [0.15, 0.2) is 23.1 Å². The highest BCUT2D eigenvalue weighted by molar-refractivity contribution is 7.99. The van der Waals surface area contributed by atoms with Crippen LogP contribution in [-0.4, -0.2) is 42.6 Å². The van der Waals surface area contributed by atoms with Crippen LogP contribution in [-0.2, 0) is 4.74 Å². The standard InChI is InChI=1S/C15H21NO3S/c1-3-20-13-7-4-6-12(14(13)15(17)18)16-8-5-9-19-11(2)10-16/h4,6-7,11H,3,5,8-10H2,1-2H3,(H,17,18). The van der Waals surface area contributed by atoms with Gasteiger partial charge in [0.1, 0.15) is 0 Å². The molecule has 1 aromatic carbocycles. The van der Waals surface area contributed by atoms with Crippen LogP contribution in [0, 0.1) is 0 Å². The summed E-state index contributed by atoms with van der Waals surface area (Å²) in [5.41, 5.74) is 1.24. The molecule has 4 nitrogen and oxygen atoms in total. The van der Waals surface area contributed by atoms with Crippen molar-refractivity contribution in [2.45, 2.75) is 31.3 Å². The minimum Gasteiger partial charge on any atom is -0.478 e. The van der Waals surface area contributed by atoms with Crippen LogP contribution in [0.3, 0.4) is 0 Å². The van der Waals surface area contributed by atoms with Gasteiger partial charge in [0.15, 0.2) is 0 Å². The van der Waals surface area contributed by atoms with E-state index in [9.17, 15) is 9.90 Å². The van der Waals surface area contributed by atoms with Gasteiger partial charge in [-0.15, -0.1) is 11.8 Å². The lowest BCUT2D eigenvalue weighted by molar-refractivity contribution is 0.0692. The molecule has 1 aliphatic heterocycles. The predicted molar refractivity (Wildman–Crippen MR) is 82.0 cm³/mol. The number of aromatic carboxylic acids is 1. The van der Waals surface area contributed by atoms with E-state index in [0.29, 0.717) is 5.56 Å². The Bertz CT molecular complexity index is 478. The molecule has 0 radical (unpaired) electrons. The van der Waals surface area contributed by atoms with E-state index in [0.717, 1.165) is 42.5 Å². The van der Waals surface area contributed by atoms with Crippen LogP contribution >= 0.6 is 11.8 Å². The molecule has 1 unspecified atom stereocenters. The number of benzene rings is 1. The first-order chi connectivity index (χ1) is 9.63. The van der Waals surface area contributed by atoms with E-state index in [1.54, 1.807) is 11.8 Å². The van der Waals surface area contributed by atoms with Crippen molar-refractivity contribution in [2.75, 3.05) is 30.3 Å².